The largest absolute Gasteiger partial charge is 0.381 e. The van der Waals surface area contributed by atoms with Gasteiger partial charge >= 0.3 is 0 Å². The first-order valence-electron chi connectivity index (χ1n) is 7.40. The molecule has 1 aliphatic carbocycles. The molecule has 1 aliphatic heterocycles. The van der Waals surface area contributed by atoms with E-state index in [0.717, 1.165) is 32.4 Å². The molecule has 1 saturated heterocycles. The molecule has 2 aromatic rings. The van der Waals surface area contributed by atoms with Crippen LogP contribution in [0.2, 0.25) is 0 Å². The van der Waals surface area contributed by atoms with E-state index in [1.165, 1.54) is 12.4 Å². The normalized spacial score (nSPS) is 21.9. The molecule has 0 spiro atoms. The van der Waals surface area contributed by atoms with Crippen molar-refractivity contribution in [3.05, 3.63) is 34.6 Å². The summed E-state index contributed by atoms with van der Waals surface area (Å²) in [7, 11) is 0. The van der Waals surface area contributed by atoms with Crippen LogP contribution in [0.5, 0.6) is 0 Å². The fourth-order valence-electron chi connectivity index (χ4n) is 2.91. The summed E-state index contributed by atoms with van der Waals surface area (Å²) < 4.78 is 15.8. The Hall–Kier alpha value is -1.95. The van der Waals surface area contributed by atoms with Crippen LogP contribution in [0, 0.1) is 5.82 Å². The smallest absolute Gasteiger partial charge is 0.261 e. The zero-order valence-corrected chi connectivity index (χ0v) is 11.6. The molecule has 1 aromatic carbocycles. The summed E-state index contributed by atoms with van der Waals surface area (Å²) in [6, 6.07) is 3.68. The molecule has 5 nitrogen and oxygen atoms in total. The summed E-state index contributed by atoms with van der Waals surface area (Å²) in [6.07, 6.45) is 4.47. The van der Waals surface area contributed by atoms with E-state index in [2.05, 4.69) is 15.6 Å². The van der Waals surface area contributed by atoms with Gasteiger partial charge in [-0.05, 0) is 37.9 Å². The van der Waals surface area contributed by atoms with Crippen LogP contribution in [0.3, 0.4) is 0 Å². The Morgan fingerprint density at radius 1 is 1.33 bits per heavy atom. The molecule has 2 N–H and O–H groups in total. The SMILES string of the molecule is O=c1c2cc(NC3CCNC3)cc(F)c2ncn1C1CC1. The number of hydrogen-bond donors (Lipinski definition) is 2. The van der Waals surface area contributed by atoms with Crippen LogP contribution in [0.4, 0.5) is 10.1 Å². The maximum Gasteiger partial charge on any atom is 0.261 e. The highest BCUT2D eigenvalue weighted by Gasteiger charge is 2.26. The fraction of sp³-hybridized carbons (Fsp3) is 0.467. The van der Waals surface area contributed by atoms with Gasteiger partial charge in [-0.1, -0.05) is 0 Å². The number of rotatable bonds is 3. The number of halogens is 1. The number of nitrogens with one attached hydrogen (secondary N) is 2. The van der Waals surface area contributed by atoms with Crippen molar-refractivity contribution in [2.75, 3.05) is 18.4 Å². The van der Waals surface area contributed by atoms with Gasteiger partial charge in [0, 0.05) is 24.3 Å². The summed E-state index contributed by atoms with van der Waals surface area (Å²) in [5, 5.41) is 6.90. The molecule has 0 amide bonds. The molecule has 2 heterocycles. The molecule has 2 aliphatic rings. The number of anilines is 1. The molecule has 1 atom stereocenters. The molecule has 0 bridgehead atoms. The zero-order valence-electron chi connectivity index (χ0n) is 11.6. The van der Waals surface area contributed by atoms with Gasteiger partial charge in [-0.15, -0.1) is 0 Å². The van der Waals surface area contributed by atoms with Gasteiger partial charge in [-0.25, -0.2) is 9.37 Å². The first-order chi connectivity index (χ1) is 10.2. The number of fused-ring (bicyclic) bond motifs is 1. The van der Waals surface area contributed by atoms with Crippen LogP contribution < -0.4 is 16.2 Å². The molecule has 0 radical (unpaired) electrons. The Kier molecular flexibility index (Phi) is 2.92. The number of aromatic nitrogens is 2. The summed E-state index contributed by atoms with van der Waals surface area (Å²) in [6.45, 7) is 1.82. The van der Waals surface area contributed by atoms with Crippen LogP contribution in [-0.2, 0) is 0 Å². The first-order valence-corrected chi connectivity index (χ1v) is 7.40. The topological polar surface area (TPSA) is 59.0 Å². The third-order valence-corrected chi connectivity index (χ3v) is 4.21. The Morgan fingerprint density at radius 2 is 2.19 bits per heavy atom. The lowest BCUT2D eigenvalue weighted by molar-refractivity contribution is 0.632. The van der Waals surface area contributed by atoms with E-state index in [-0.39, 0.29) is 23.2 Å². The quantitative estimate of drug-likeness (QED) is 0.901. The van der Waals surface area contributed by atoms with Gasteiger partial charge in [0.2, 0.25) is 0 Å². The van der Waals surface area contributed by atoms with Crippen molar-refractivity contribution in [1.29, 1.82) is 0 Å². The molecule has 1 aromatic heterocycles. The second-order valence-electron chi connectivity index (χ2n) is 5.88. The third kappa shape index (κ3) is 2.29. The summed E-state index contributed by atoms with van der Waals surface area (Å²) in [4.78, 5) is 16.6. The van der Waals surface area contributed by atoms with Gasteiger partial charge in [0.15, 0.2) is 5.82 Å². The third-order valence-electron chi connectivity index (χ3n) is 4.21. The second-order valence-corrected chi connectivity index (χ2v) is 5.88. The van der Waals surface area contributed by atoms with Crippen LogP contribution in [0.15, 0.2) is 23.3 Å². The zero-order chi connectivity index (χ0) is 14.4. The number of nitrogens with zero attached hydrogens (tertiary/aromatic N) is 2. The molecule has 2 fully saturated rings. The number of benzene rings is 1. The lowest BCUT2D eigenvalue weighted by Crippen LogP contribution is -2.23. The minimum absolute atomic E-state index is 0.144. The molecule has 1 saturated carbocycles. The van der Waals surface area contributed by atoms with E-state index in [9.17, 15) is 9.18 Å². The fourth-order valence-corrected chi connectivity index (χ4v) is 2.91. The van der Waals surface area contributed by atoms with E-state index in [1.54, 1.807) is 10.6 Å². The van der Waals surface area contributed by atoms with Gasteiger partial charge in [-0.3, -0.25) is 9.36 Å². The standard InChI is InChI=1S/C15H17FN4O/c16-13-6-10(19-9-3-4-17-7-9)5-12-14(13)18-8-20(15(12)21)11-1-2-11/h5-6,8-9,11,17,19H,1-4,7H2. The Balaban J connectivity index is 1.78. The average molecular weight is 288 g/mol. The van der Waals surface area contributed by atoms with Gasteiger partial charge < -0.3 is 10.6 Å². The molecule has 6 heteroatoms. The van der Waals surface area contributed by atoms with Gasteiger partial charge in [0.05, 0.1) is 11.7 Å². The van der Waals surface area contributed by atoms with Gasteiger partial charge in [0.1, 0.15) is 5.52 Å². The molecule has 4 rings (SSSR count). The minimum atomic E-state index is -0.444. The minimum Gasteiger partial charge on any atom is -0.381 e. The van der Waals surface area contributed by atoms with Gasteiger partial charge in [-0.2, -0.15) is 0 Å². The highest BCUT2D eigenvalue weighted by Crippen LogP contribution is 2.33. The Morgan fingerprint density at radius 3 is 2.90 bits per heavy atom. The summed E-state index contributed by atoms with van der Waals surface area (Å²) in [5.74, 6) is -0.444. The van der Waals surface area contributed by atoms with Crippen LogP contribution in [0.1, 0.15) is 25.3 Å². The van der Waals surface area contributed by atoms with E-state index in [1.807, 2.05) is 0 Å². The van der Waals surface area contributed by atoms with Crippen molar-refractivity contribution in [2.24, 2.45) is 0 Å². The van der Waals surface area contributed by atoms with E-state index >= 15 is 0 Å². The van der Waals surface area contributed by atoms with Crippen molar-refractivity contribution < 1.29 is 4.39 Å². The summed E-state index contributed by atoms with van der Waals surface area (Å²) in [5.41, 5.74) is 0.669. The van der Waals surface area contributed by atoms with Crippen molar-refractivity contribution in [3.63, 3.8) is 0 Å². The van der Waals surface area contributed by atoms with Crippen molar-refractivity contribution in [2.45, 2.75) is 31.3 Å². The second kappa shape index (κ2) is 4.80. The highest BCUT2D eigenvalue weighted by atomic mass is 19.1. The maximum atomic E-state index is 14.2. The van der Waals surface area contributed by atoms with Crippen LogP contribution >= 0.6 is 0 Å². The predicted octanol–water partition coefficient (Wildman–Crippen LogP) is 1.64. The molecule has 1 unspecified atom stereocenters. The molecular formula is C15H17FN4O. The monoisotopic (exact) mass is 288 g/mol. The molecular weight excluding hydrogens is 271 g/mol. The van der Waals surface area contributed by atoms with Crippen LogP contribution in [0.25, 0.3) is 10.9 Å². The Bertz CT molecular complexity index is 747. The van der Waals surface area contributed by atoms with Crippen LogP contribution in [-0.4, -0.2) is 28.7 Å². The van der Waals surface area contributed by atoms with Crippen molar-refractivity contribution in [3.8, 4) is 0 Å². The number of hydrogen-bond acceptors (Lipinski definition) is 4. The highest BCUT2D eigenvalue weighted by molar-refractivity contribution is 5.82. The molecule has 21 heavy (non-hydrogen) atoms. The van der Waals surface area contributed by atoms with E-state index in [0.29, 0.717) is 11.1 Å². The maximum absolute atomic E-state index is 14.2. The van der Waals surface area contributed by atoms with Crippen molar-refractivity contribution in [1.82, 2.24) is 14.9 Å². The lowest BCUT2D eigenvalue weighted by Gasteiger charge is -2.14. The average Bonchev–Trinajstić information content (AvgIpc) is 3.18. The van der Waals surface area contributed by atoms with E-state index < -0.39 is 5.82 Å². The predicted molar refractivity (Wildman–Crippen MR) is 79.1 cm³/mol. The van der Waals surface area contributed by atoms with Gasteiger partial charge in [0.25, 0.3) is 5.56 Å². The first kappa shape index (κ1) is 12.8. The van der Waals surface area contributed by atoms with E-state index in [4.69, 9.17) is 0 Å². The van der Waals surface area contributed by atoms with Crippen molar-refractivity contribution >= 4 is 16.6 Å². The lowest BCUT2D eigenvalue weighted by atomic mass is 10.2. The Labute approximate surface area is 121 Å². The molecule has 110 valence electrons. The summed E-state index contributed by atoms with van der Waals surface area (Å²) >= 11 is 0.